The van der Waals surface area contributed by atoms with Gasteiger partial charge in [-0.2, -0.15) is 0 Å². The van der Waals surface area contributed by atoms with Crippen molar-refractivity contribution in [3.05, 3.63) is 22.6 Å². The molecule has 2 rings (SSSR count). The minimum Gasteiger partial charge on any atom is -0.466 e. The van der Waals surface area contributed by atoms with Crippen LogP contribution in [-0.2, 0) is 0 Å². The zero-order valence-corrected chi connectivity index (χ0v) is 10.7. The van der Waals surface area contributed by atoms with Gasteiger partial charge in [0.25, 0.3) is 0 Å². The molecule has 0 amide bonds. The maximum absolute atomic E-state index is 5.57. The molecular weight excluding hydrogens is 254 g/mol. The van der Waals surface area contributed by atoms with Crippen molar-refractivity contribution >= 4 is 15.9 Å². The first-order chi connectivity index (χ1) is 7.33. The maximum atomic E-state index is 5.57. The summed E-state index contributed by atoms with van der Waals surface area (Å²) < 4.78 is 6.67. The third-order valence-electron chi connectivity index (χ3n) is 3.16. The van der Waals surface area contributed by atoms with Crippen molar-refractivity contribution in [3.63, 3.8) is 0 Å². The average molecular weight is 272 g/mol. The molecule has 1 aliphatic carbocycles. The number of hydrogen-bond donors (Lipinski definition) is 1. The van der Waals surface area contributed by atoms with E-state index in [-0.39, 0.29) is 0 Å². The monoisotopic (exact) mass is 271 g/mol. The van der Waals surface area contributed by atoms with E-state index in [2.05, 4.69) is 28.2 Å². The van der Waals surface area contributed by atoms with Crippen LogP contribution in [0.15, 0.2) is 21.2 Å². The van der Waals surface area contributed by atoms with E-state index in [0.717, 1.165) is 22.7 Å². The molecule has 2 nitrogen and oxygen atoms in total. The van der Waals surface area contributed by atoms with Gasteiger partial charge in [-0.15, -0.1) is 0 Å². The lowest BCUT2D eigenvalue weighted by atomic mass is 9.79. The Hall–Kier alpha value is -0.280. The fourth-order valence-corrected chi connectivity index (χ4v) is 2.52. The molecule has 1 N–H and O–H groups in total. The number of rotatable bonds is 5. The topological polar surface area (TPSA) is 25.2 Å². The summed E-state index contributed by atoms with van der Waals surface area (Å²) in [6.45, 7) is 3.26. The van der Waals surface area contributed by atoms with Gasteiger partial charge in [-0.05, 0) is 53.7 Å². The van der Waals surface area contributed by atoms with Crippen molar-refractivity contribution in [1.29, 1.82) is 0 Å². The second-order valence-electron chi connectivity index (χ2n) is 4.26. The van der Waals surface area contributed by atoms with Crippen LogP contribution in [-0.4, -0.2) is 6.54 Å². The predicted octanol–water partition coefficient (Wildman–Crippen LogP) is 3.88. The standard InChI is InChI=1S/C12H18BrNO/c1-2-7-14-11(9-4-3-5-9)12-10(13)6-8-15-12/h6,8-9,11,14H,2-5,7H2,1H3. The first-order valence-electron chi connectivity index (χ1n) is 5.79. The van der Waals surface area contributed by atoms with Crippen molar-refractivity contribution < 1.29 is 4.42 Å². The summed E-state index contributed by atoms with van der Waals surface area (Å²) in [4.78, 5) is 0. The van der Waals surface area contributed by atoms with Gasteiger partial charge in [-0.3, -0.25) is 0 Å². The van der Waals surface area contributed by atoms with Crippen LogP contribution in [0.5, 0.6) is 0 Å². The number of furan rings is 1. The molecule has 0 saturated heterocycles. The van der Waals surface area contributed by atoms with E-state index >= 15 is 0 Å². The van der Waals surface area contributed by atoms with E-state index in [9.17, 15) is 0 Å². The molecule has 1 aromatic rings. The molecule has 0 aromatic carbocycles. The predicted molar refractivity (Wildman–Crippen MR) is 64.8 cm³/mol. The fourth-order valence-electron chi connectivity index (χ4n) is 2.07. The summed E-state index contributed by atoms with van der Waals surface area (Å²) in [6.07, 6.45) is 6.95. The molecule has 1 saturated carbocycles. The van der Waals surface area contributed by atoms with Crippen molar-refractivity contribution in [3.8, 4) is 0 Å². The molecule has 0 radical (unpaired) electrons. The summed E-state index contributed by atoms with van der Waals surface area (Å²) in [6, 6.07) is 2.39. The summed E-state index contributed by atoms with van der Waals surface area (Å²) in [5.41, 5.74) is 0. The molecule has 1 aromatic heterocycles. The van der Waals surface area contributed by atoms with Crippen LogP contribution in [0.2, 0.25) is 0 Å². The summed E-state index contributed by atoms with van der Waals surface area (Å²) >= 11 is 3.55. The van der Waals surface area contributed by atoms with E-state index in [4.69, 9.17) is 4.42 Å². The molecule has 0 bridgehead atoms. The molecular formula is C12H18BrNO. The van der Waals surface area contributed by atoms with Crippen LogP contribution < -0.4 is 5.32 Å². The molecule has 1 aliphatic rings. The quantitative estimate of drug-likeness (QED) is 0.879. The Bertz CT molecular complexity index is 306. The van der Waals surface area contributed by atoms with Gasteiger partial charge in [0, 0.05) is 0 Å². The lowest BCUT2D eigenvalue weighted by molar-refractivity contribution is 0.207. The lowest BCUT2D eigenvalue weighted by Gasteiger charge is -2.33. The Balaban J connectivity index is 2.07. The largest absolute Gasteiger partial charge is 0.466 e. The minimum absolute atomic E-state index is 0.406. The van der Waals surface area contributed by atoms with Gasteiger partial charge < -0.3 is 9.73 Å². The summed E-state index contributed by atoms with van der Waals surface area (Å²) in [7, 11) is 0. The molecule has 1 unspecified atom stereocenters. The highest BCUT2D eigenvalue weighted by Crippen LogP contribution is 2.40. The molecule has 1 fully saturated rings. The third-order valence-corrected chi connectivity index (χ3v) is 3.82. The third kappa shape index (κ3) is 2.45. The van der Waals surface area contributed by atoms with Crippen LogP contribution in [0, 0.1) is 5.92 Å². The highest BCUT2D eigenvalue weighted by atomic mass is 79.9. The van der Waals surface area contributed by atoms with Gasteiger partial charge in [0.15, 0.2) is 0 Å². The molecule has 0 aliphatic heterocycles. The molecule has 0 spiro atoms. The van der Waals surface area contributed by atoms with Crippen molar-refractivity contribution in [2.45, 2.75) is 38.6 Å². The second kappa shape index (κ2) is 5.17. The highest BCUT2D eigenvalue weighted by molar-refractivity contribution is 9.10. The van der Waals surface area contributed by atoms with E-state index in [1.54, 1.807) is 6.26 Å². The first kappa shape index (κ1) is 11.2. The summed E-state index contributed by atoms with van der Waals surface area (Å²) in [5.74, 6) is 1.84. The Morgan fingerprint density at radius 1 is 1.60 bits per heavy atom. The minimum atomic E-state index is 0.406. The lowest BCUT2D eigenvalue weighted by Crippen LogP contribution is -2.32. The molecule has 1 heterocycles. The van der Waals surface area contributed by atoms with E-state index in [0.29, 0.717) is 6.04 Å². The zero-order chi connectivity index (χ0) is 10.7. The Labute approximate surface area is 99.6 Å². The van der Waals surface area contributed by atoms with Gasteiger partial charge >= 0.3 is 0 Å². The van der Waals surface area contributed by atoms with E-state index < -0.39 is 0 Å². The first-order valence-corrected chi connectivity index (χ1v) is 6.58. The summed E-state index contributed by atoms with van der Waals surface area (Å²) in [5, 5.41) is 3.59. The SMILES string of the molecule is CCCNC(c1occc1Br)C1CCC1. The Kier molecular flexibility index (Phi) is 3.87. The van der Waals surface area contributed by atoms with Crippen molar-refractivity contribution in [2.75, 3.05) is 6.54 Å². The van der Waals surface area contributed by atoms with Gasteiger partial charge in [-0.25, -0.2) is 0 Å². The van der Waals surface area contributed by atoms with Crippen LogP contribution in [0.4, 0.5) is 0 Å². The second-order valence-corrected chi connectivity index (χ2v) is 5.11. The van der Waals surface area contributed by atoms with Crippen molar-refractivity contribution in [1.82, 2.24) is 5.32 Å². The highest BCUT2D eigenvalue weighted by Gasteiger charge is 2.31. The maximum Gasteiger partial charge on any atom is 0.135 e. The van der Waals surface area contributed by atoms with E-state index in [1.807, 2.05) is 6.07 Å². The van der Waals surface area contributed by atoms with Crippen molar-refractivity contribution in [2.24, 2.45) is 5.92 Å². The van der Waals surface area contributed by atoms with Crippen LogP contribution in [0.25, 0.3) is 0 Å². The van der Waals surface area contributed by atoms with Gasteiger partial charge in [-0.1, -0.05) is 13.3 Å². The molecule has 3 heteroatoms. The van der Waals surface area contributed by atoms with Crippen LogP contribution >= 0.6 is 15.9 Å². The van der Waals surface area contributed by atoms with Crippen LogP contribution in [0.1, 0.15) is 44.4 Å². The van der Waals surface area contributed by atoms with Crippen LogP contribution in [0.3, 0.4) is 0 Å². The van der Waals surface area contributed by atoms with E-state index in [1.165, 1.54) is 25.7 Å². The molecule has 1 atom stereocenters. The molecule has 15 heavy (non-hydrogen) atoms. The van der Waals surface area contributed by atoms with Gasteiger partial charge in [0.2, 0.25) is 0 Å². The number of hydrogen-bond acceptors (Lipinski definition) is 2. The Morgan fingerprint density at radius 2 is 2.40 bits per heavy atom. The Morgan fingerprint density at radius 3 is 2.87 bits per heavy atom. The van der Waals surface area contributed by atoms with Gasteiger partial charge in [0.05, 0.1) is 16.8 Å². The average Bonchev–Trinajstić information content (AvgIpc) is 2.55. The number of nitrogens with one attached hydrogen (secondary N) is 1. The fraction of sp³-hybridized carbons (Fsp3) is 0.667. The number of halogens is 1. The van der Waals surface area contributed by atoms with Gasteiger partial charge in [0.1, 0.15) is 5.76 Å². The smallest absolute Gasteiger partial charge is 0.135 e. The zero-order valence-electron chi connectivity index (χ0n) is 9.13. The normalized spacial score (nSPS) is 18.8. The molecule has 84 valence electrons.